The molecule has 0 atom stereocenters. The number of hydrogen-bond donors (Lipinski definition) is 0. The van der Waals surface area contributed by atoms with E-state index in [1.807, 2.05) is 0 Å². The molecule has 0 radical (unpaired) electrons. The maximum atomic E-state index is 6.11. The molecule has 0 amide bonds. The van der Waals surface area contributed by atoms with Crippen LogP contribution in [0.2, 0.25) is 13.3 Å². The quantitative estimate of drug-likeness (QED) is 0.306. The van der Waals surface area contributed by atoms with Crippen molar-refractivity contribution >= 4 is 22.0 Å². The van der Waals surface area contributed by atoms with Crippen LogP contribution in [0.5, 0.6) is 5.75 Å². The van der Waals surface area contributed by atoms with E-state index in [9.17, 15) is 0 Å². The molecule has 0 aliphatic carbocycles. The van der Waals surface area contributed by atoms with Crippen molar-refractivity contribution in [3.05, 3.63) is 23.3 Å². The second-order valence-electron chi connectivity index (χ2n) is 8.20. The van der Waals surface area contributed by atoms with Crippen LogP contribution < -0.4 is 8.32 Å². The van der Waals surface area contributed by atoms with E-state index >= 15 is 0 Å². The number of ether oxygens (including phenoxy) is 1. The molecule has 0 saturated carbocycles. The molecule has 0 fully saturated rings. The summed E-state index contributed by atoms with van der Waals surface area (Å²) in [5.41, 5.74) is 2.71. The van der Waals surface area contributed by atoms with E-state index in [-0.39, 0.29) is 6.10 Å². The summed E-state index contributed by atoms with van der Waals surface area (Å²) in [6.45, 7) is 15.8. The third kappa shape index (κ3) is 6.81. The van der Waals surface area contributed by atoms with E-state index in [0.717, 1.165) is 5.75 Å². The normalized spacial score (nSPS) is 12.0. The Kier molecular flexibility index (Phi) is 10.5. The zero-order chi connectivity index (χ0) is 18.9. The topological polar surface area (TPSA) is 9.23 Å². The number of benzene rings is 1. The first-order valence-corrected chi connectivity index (χ1v) is 18.2. The van der Waals surface area contributed by atoms with Crippen LogP contribution in [-0.2, 0) is 0 Å². The summed E-state index contributed by atoms with van der Waals surface area (Å²) in [5, 5.41) is 0. The Morgan fingerprint density at radius 1 is 0.800 bits per heavy atom. The molecular formula is C23H42OSn. The van der Waals surface area contributed by atoms with Crippen LogP contribution in [0.4, 0.5) is 0 Å². The molecule has 0 bridgehead atoms. The molecular weight excluding hydrogens is 411 g/mol. The van der Waals surface area contributed by atoms with Gasteiger partial charge in [0, 0.05) is 0 Å². The number of rotatable bonds is 12. The van der Waals surface area contributed by atoms with Crippen LogP contribution in [-0.4, -0.2) is 24.5 Å². The van der Waals surface area contributed by atoms with Gasteiger partial charge in [-0.1, -0.05) is 0 Å². The average molecular weight is 453 g/mol. The van der Waals surface area contributed by atoms with Crippen molar-refractivity contribution in [1.29, 1.82) is 0 Å². The van der Waals surface area contributed by atoms with Gasteiger partial charge in [0.25, 0.3) is 0 Å². The van der Waals surface area contributed by atoms with Crippen molar-refractivity contribution in [1.82, 2.24) is 0 Å². The fraction of sp³-hybridized carbons (Fsp3) is 0.739. The van der Waals surface area contributed by atoms with Crippen molar-refractivity contribution < 1.29 is 4.74 Å². The Labute approximate surface area is 161 Å². The van der Waals surface area contributed by atoms with Crippen molar-refractivity contribution in [2.24, 2.45) is 0 Å². The summed E-state index contributed by atoms with van der Waals surface area (Å²) >= 11 is -2.32. The fourth-order valence-corrected chi connectivity index (χ4v) is 20.4. The second-order valence-corrected chi connectivity index (χ2v) is 21.4. The summed E-state index contributed by atoms with van der Waals surface area (Å²) in [7, 11) is 0. The van der Waals surface area contributed by atoms with Crippen LogP contribution >= 0.6 is 0 Å². The summed E-state index contributed by atoms with van der Waals surface area (Å²) in [4.78, 5) is 0. The van der Waals surface area contributed by atoms with Gasteiger partial charge in [-0.05, 0) is 0 Å². The monoisotopic (exact) mass is 454 g/mol. The van der Waals surface area contributed by atoms with Gasteiger partial charge in [0.2, 0.25) is 0 Å². The molecule has 1 nitrogen and oxygen atoms in total. The van der Waals surface area contributed by atoms with E-state index in [1.54, 1.807) is 3.58 Å². The Balaban J connectivity index is 3.30. The van der Waals surface area contributed by atoms with Crippen molar-refractivity contribution in [3.8, 4) is 5.75 Å². The van der Waals surface area contributed by atoms with Crippen LogP contribution in [0.25, 0.3) is 0 Å². The molecule has 0 aliphatic heterocycles. The number of unbranched alkanes of at least 4 members (excludes halogenated alkanes) is 3. The van der Waals surface area contributed by atoms with E-state index in [1.165, 1.54) is 63.0 Å². The molecule has 0 aromatic heterocycles. The Morgan fingerprint density at radius 3 is 1.52 bits per heavy atom. The van der Waals surface area contributed by atoms with E-state index in [4.69, 9.17) is 4.74 Å². The SMILES string of the molecule is CCC[CH2][Sn]([CH2]CCC)([CH2]CCC)[c]1cc(C)c(OC(C)C)c(C)c1. The van der Waals surface area contributed by atoms with Crippen molar-refractivity contribution in [3.63, 3.8) is 0 Å². The average Bonchev–Trinajstić information content (AvgIpc) is 2.57. The molecule has 1 rings (SSSR count). The predicted octanol–water partition coefficient (Wildman–Crippen LogP) is 7.15. The molecule has 1 aromatic carbocycles. The first-order chi connectivity index (χ1) is 11.9. The second kappa shape index (κ2) is 11.5. The Bertz CT molecular complexity index is 462. The third-order valence-corrected chi connectivity index (χ3v) is 21.0. The molecule has 0 N–H and O–H groups in total. The Hall–Kier alpha value is -0.181. The van der Waals surface area contributed by atoms with E-state index in [0.29, 0.717) is 0 Å². The van der Waals surface area contributed by atoms with Gasteiger partial charge in [0.1, 0.15) is 0 Å². The molecule has 0 heterocycles. The van der Waals surface area contributed by atoms with Crippen molar-refractivity contribution in [2.45, 2.75) is 106 Å². The van der Waals surface area contributed by atoms with E-state index in [2.05, 4.69) is 60.6 Å². The molecule has 0 unspecified atom stereocenters. The van der Waals surface area contributed by atoms with Gasteiger partial charge in [-0.2, -0.15) is 0 Å². The Morgan fingerprint density at radius 2 is 1.20 bits per heavy atom. The van der Waals surface area contributed by atoms with E-state index < -0.39 is 18.4 Å². The number of hydrogen-bond acceptors (Lipinski definition) is 1. The van der Waals surface area contributed by atoms with Gasteiger partial charge < -0.3 is 0 Å². The molecule has 0 spiro atoms. The summed E-state index contributed by atoms with van der Waals surface area (Å²) in [5.74, 6) is 1.13. The maximum absolute atomic E-state index is 6.11. The van der Waals surface area contributed by atoms with Crippen LogP contribution in [0.15, 0.2) is 12.1 Å². The molecule has 1 aromatic rings. The first kappa shape index (κ1) is 22.9. The van der Waals surface area contributed by atoms with Gasteiger partial charge >= 0.3 is 162 Å². The minimum atomic E-state index is -2.32. The minimum absolute atomic E-state index is 0.247. The van der Waals surface area contributed by atoms with Crippen LogP contribution in [0, 0.1) is 13.8 Å². The van der Waals surface area contributed by atoms with Gasteiger partial charge in [-0.3, -0.25) is 0 Å². The van der Waals surface area contributed by atoms with Crippen LogP contribution in [0.3, 0.4) is 0 Å². The third-order valence-electron chi connectivity index (χ3n) is 5.45. The van der Waals surface area contributed by atoms with Gasteiger partial charge in [-0.25, -0.2) is 0 Å². The van der Waals surface area contributed by atoms with Gasteiger partial charge in [0.15, 0.2) is 0 Å². The zero-order valence-electron chi connectivity index (χ0n) is 18.0. The molecule has 25 heavy (non-hydrogen) atoms. The van der Waals surface area contributed by atoms with Crippen molar-refractivity contribution in [2.75, 3.05) is 0 Å². The molecule has 0 aliphatic rings. The molecule has 144 valence electrons. The molecule has 0 saturated heterocycles. The van der Waals surface area contributed by atoms with Crippen LogP contribution in [0.1, 0.15) is 84.3 Å². The standard InChI is InChI=1S/C11H15O.3C4H9.Sn/c1-8(2)12-11-9(3)6-5-7-10(11)4;3*1-3-4-2;/h6-8H,1-4H3;3*1,3-4H2,2H3;. The first-order valence-electron chi connectivity index (χ1n) is 10.7. The van der Waals surface area contributed by atoms with Gasteiger partial charge in [0.05, 0.1) is 0 Å². The summed E-state index contributed by atoms with van der Waals surface area (Å²) < 4.78 is 12.5. The summed E-state index contributed by atoms with van der Waals surface area (Å²) in [6, 6.07) is 5.06. The van der Waals surface area contributed by atoms with Gasteiger partial charge in [-0.15, -0.1) is 0 Å². The zero-order valence-corrected chi connectivity index (χ0v) is 20.9. The fourth-order valence-electron chi connectivity index (χ4n) is 4.03. The summed E-state index contributed by atoms with van der Waals surface area (Å²) in [6.07, 6.45) is 8.52. The molecule has 2 heteroatoms. The predicted molar refractivity (Wildman–Crippen MR) is 116 cm³/mol. The number of aryl methyl sites for hydroxylation is 2.